The third kappa shape index (κ3) is 2.50. The van der Waals surface area contributed by atoms with E-state index in [0.717, 1.165) is 17.8 Å². The van der Waals surface area contributed by atoms with Gasteiger partial charge in [-0.2, -0.15) is 0 Å². The summed E-state index contributed by atoms with van der Waals surface area (Å²) in [5, 5.41) is 0. The van der Waals surface area contributed by atoms with E-state index >= 15 is 0 Å². The molecule has 0 amide bonds. The molecule has 1 aliphatic rings. The van der Waals surface area contributed by atoms with Crippen LogP contribution in [0.2, 0.25) is 0 Å². The molecule has 12 heavy (non-hydrogen) atoms. The fraction of sp³-hybridized carbons (Fsp3) is 1.00. The zero-order chi connectivity index (χ0) is 8.97. The van der Waals surface area contributed by atoms with Crippen LogP contribution in [0.5, 0.6) is 0 Å². The van der Waals surface area contributed by atoms with Gasteiger partial charge in [-0.25, -0.2) is 0 Å². The summed E-state index contributed by atoms with van der Waals surface area (Å²) in [4.78, 5) is 0. The molecule has 0 bridgehead atoms. The molecule has 1 saturated carbocycles. The monoisotopic (exact) mass is 168 g/mol. The molecule has 1 rings (SSSR count). The molecule has 0 nitrogen and oxygen atoms in total. The Morgan fingerprint density at radius 3 is 2.42 bits per heavy atom. The lowest BCUT2D eigenvalue weighted by Crippen LogP contribution is -2.22. The van der Waals surface area contributed by atoms with E-state index in [4.69, 9.17) is 0 Å². The van der Waals surface area contributed by atoms with Crippen molar-refractivity contribution < 1.29 is 0 Å². The standard InChI is InChI=1S/C12H24/c1-4-6-11-7-8-12(5-2)10(3)9-11/h10-12H,4-9H2,1-3H3. The van der Waals surface area contributed by atoms with Gasteiger partial charge in [-0.15, -0.1) is 0 Å². The van der Waals surface area contributed by atoms with Gasteiger partial charge >= 0.3 is 0 Å². The molecule has 1 aliphatic carbocycles. The summed E-state index contributed by atoms with van der Waals surface area (Å²) in [5.41, 5.74) is 0. The molecule has 3 atom stereocenters. The van der Waals surface area contributed by atoms with Gasteiger partial charge in [-0.3, -0.25) is 0 Å². The Morgan fingerprint density at radius 2 is 1.92 bits per heavy atom. The molecule has 0 saturated heterocycles. The zero-order valence-corrected chi connectivity index (χ0v) is 8.97. The quantitative estimate of drug-likeness (QED) is 0.591. The van der Waals surface area contributed by atoms with Gasteiger partial charge in [-0.05, 0) is 30.6 Å². The predicted molar refractivity (Wildman–Crippen MR) is 55.2 cm³/mol. The smallest absolute Gasteiger partial charge is 0.0391 e. The molecule has 0 aromatic rings. The average molecular weight is 168 g/mol. The molecule has 72 valence electrons. The first-order valence-electron chi connectivity index (χ1n) is 5.77. The second-order valence-corrected chi connectivity index (χ2v) is 4.61. The fourth-order valence-corrected chi connectivity index (χ4v) is 2.85. The van der Waals surface area contributed by atoms with Crippen LogP contribution in [-0.2, 0) is 0 Å². The fourth-order valence-electron chi connectivity index (χ4n) is 2.85. The highest BCUT2D eigenvalue weighted by molar-refractivity contribution is 4.76. The van der Waals surface area contributed by atoms with Crippen molar-refractivity contribution in [1.29, 1.82) is 0 Å². The number of hydrogen-bond donors (Lipinski definition) is 0. The van der Waals surface area contributed by atoms with Crippen molar-refractivity contribution in [2.45, 2.75) is 59.3 Å². The third-order valence-corrected chi connectivity index (χ3v) is 3.68. The predicted octanol–water partition coefficient (Wildman–Crippen LogP) is 4.25. The van der Waals surface area contributed by atoms with Gasteiger partial charge < -0.3 is 0 Å². The summed E-state index contributed by atoms with van der Waals surface area (Å²) in [6, 6.07) is 0. The Balaban J connectivity index is 2.30. The van der Waals surface area contributed by atoms with Gasteiger partial charge in [0.05, 0.1) is 0 Å². The second-order valence-electron chi connectivity index (χ2n) is 4.61. The first-order chi connectivity index (χ1) is 5.77. The van der Waals surface area contributed by atoms with E-state index < -0.39 is 0 Å². The molecule has 0 heteroatoms. The van der Waals surface area contributed by atoms with Crippen LogP contribution in [0.3, 0.4) is 0 Å². The molecule has 0 heterocycles. The van der Waals surface area contributed by atoms with Crippen molar-refractivity contribution in [1.82, 2.24) is 0 Å². The van der Waals surface area contributed by atoms with E-state index in [1.165, 1.54) is 38.5 Å². The topological polar surface area (TPSA) is 0 Å². The van der Waals surface area contributed by atoms with Crippen molar-refractivity contribution in [3.05, 3.63) is 0 Å². The first kappa shape index (κ1) is 10.1. The van der Waals surface area contributed by atoms with Gasteiger partial charge in [0.15, 0.2) is 0 Å². The highest BCUT2D eigenvalue weighted by Gasteiger charge is 2.25. The minimum Gasteiger partial charge on any atom is -0.0654 e. The maximum atomic E-state index is 2.45. The normalized spacial score (nSPS) is 36.8. The maximum absolute atomic E-state index is 2.45. The third-order valence-electron chi connectivity index (χ3n) is 3.68. The number of hydrogen-bond acceptors (Lipinski definition) is 0. The van der Waals surface area contributed by atoms with Crippen molar-refractivity contribution in [3.63, 3.8) is 0 Å². The average Bonchev–Trinajstić information content (AvgIpc) is 2.05. The molecule has 1 fully saturated rings. The van der Waals surface area contributed by atoms with Gasteiger partial charge in [-0.1, -0.05) is 46.5 Å². The Labute approximate surface area is 77.7 Å². The first-order valence-corrected chi connectivity index (χ1v) is 5.77. The minimum absolute atomic E-state index is 1.00. The lowest BCUT2D eigenvalue weighted by atomic mass is 9.73. The number of rotatable bonds is 3. The molecule has 0 aliphatic heterocycles. The highest BCUT2D eigenvalue weighted by atomic mass is 14.3. The Kier molecular flexibility index (Phi) is 4.11. The van der Waals surface area contributed by atoms with E-state index in [2.05, 4.69) is 20.8 Å². The molecule has 3 unspecified atom stereocenters. The Bertz CT molecular complexity index is 117. The van der Waals surface area contributed by atoms with Crippen molar-refractivity contribution in [2.75, 3.05) is 0 Å². The van der Waals surface area contributed by atoms with Crippen LogP contribution in [0.25, 0.3) is 0 Å². The van der Waals surface area contributed by atoms with Crippen LogP contribution < -0.4 is 0 Å². The van der Waals surface area contributed by atoms with Gasteiger partial charge in [0.1, 0.15) is 0 Å². The summed E-state index contributed by atoms with van der Waals surface area (Å²) < 4.78 is 0. The van der Waals surface area contributed by atoms with E-state index in [1.807, 2.05) is 0 Å². The van der Waals surface area contributed by atoms with Gasteiger partial charge in [0.25, 0.3) is 0 Å². The Morgan fingerprint density at radius 1 is 1.17 bits per heavy atom. The molecule has 0 radical (unpaired) electrons. The van der Waals surface area contributed by atoms with E-state index in [1.54, 1.807) is 0 Å². The van der Waals surface area contributed by atoms with E-state index in [0.29, 0.717) is 0 Å². The second kappa shape index (κ2) is 4.89. The maximum Gasteiger partial charge on any atom is -0.0391 e. The minimum atomic E-state index is 1.00. The molecule has 0 N–H and O–H groups in total. The van der Waals surface area contributed by atoms with Crippen LogP contribution in [0.15, 0.2) is 0 Å². The van der Waals surface area contributed by atoms with Crippen LogP contribution in [-0.4, -0.2) is 0 Å². The van der Waals surface area contributed by atoms with Crippen molar-refractivity contribution in [3.8, 4) is 0 Å². The summed E-state index contributed by atoms with van der Waals surface area (Å²) in [5.74, 6) is 3.10. The van der Waals surface area contributed by atoms with Gasteiger partial charge in [0, 0.05) is 0 Å². The van der Waals surface area contributed by atoms with Crippen LogP contribution in [0.1, 0.15) is 59.3 Å². The zero-order valence-electron chi connectivity index (χ0n) is 8.97. The molecular formula is C12H24. The lowest BCUT2D eigenvalue weighted by molar-refractivity contribution is 0.181. The largest absolute Gasteiger partial charge is 0.0654 e. The molecule has 0 aromatic heterocycles. The Hall–Kier alpha value is 0. The summed E-state index contributed by atoms with van der Waals surface area (Å²) in [6.07, 6.45) is 8.78. The molecule has 0 spiro atoms. The van der Waals surface area contributed by atoms with E-state index in [-0.39, 0.29) is 0 Å². The van der Waals surface area contributed by atoms with Crippen LogP contribution in [0, 0.1) is 17.8 Å². The van der Waals surface area contributed by atoms with E-state index in [9.17, 15) is 0 Å². The van der Waals surface area contributed by atoms with Gasteiger partial charge in [0.2, 0.25) is 0 Å². The summed E-state index contributed by atoms with van der Waals surface area (Å²) in [6.45, 7) is 7.12. The van der Waals surface area contributed by atoms with Crippen LogP contribution in [0.4, 0.5) is 0 Å². The van der Waals surface area contributed by atoms with Crippen molar-refractivity contribution in [2.24, 2.45) is 17.8 Å². The SMILES string of the molecule is CCCC1CCC(CC)C(C)C1. The molecule has 0 aromatic carbocycles. The highest BCUT2D eigenvalue weighted by Crippen LogP contribution is 2.37. The summed E-state index contributed by atoms with van der Waals surface area (Å²) >= 11 is 0. The summed E-state index contributed by atoms with van der Waals surface area (Å²) in [7, 11) is 0. The molecular weight excluding hydrogens is 144 g/mol. The lowest BCUT2D eigenvalue weighted by Gasteiger charge is -2.33. The van der Waals surface area contributed by atoms with Crippen LogP contribution >= 0.6 is 0 Å². The van der Waals surface area contributed by atoms with Crippen molar-refractivity contribution >= 4 is 0 Å².